The Balaban J connectivity index is 1.32. The number of pyridine rings is 1. The van der Waals surface area contributed by atoms with Crippen LogP contribution in [0.4, 0.5) is 11.5 Å². The number of ether oxygens (including phenoxy) is 2. The molecule has 9 heteroatoms. The van der Waals surface area contributed by atoms with Gasteiger partial charge in [0.05, 0.1) is 21.6 Å². The topological polar surface area (TPSA) is 98.3 Å². The molecule has 0 bridgehead atoms. The average Bonchev–Trinajstić information content (AvgIpc) is 3.67. The zero-order valence-corrected chi connectivity index (χ0v) is 19.0. The monoisotopic (exact) mass is 475 g/mol. The van der Waals surface area contributed by atoms with E-state index in [1.165, 1.54) is 6.33 Å². The SMILES string of the molecule is O=C(COc1cccc2ncnc(Nc3ccc(OCc4ccccn4)c(Cl)c3)c12)NC1CC1. The summed E-state index contributed by atoms with van der Waals surface area (Å²) in [7, 11) is 0. The molecular weight excluding hydrogens is 454 g/mol. The van der Waals surface area contributed by atoms with Gasteiger partial charge in [0, 0.05) is 17.9 Å². The highest BCUT2D eigenvalue weighted by Crippen LogP contribution is 2.34. The Labute approximate surface area is 201 Å². The van der Waals surface area contributed by atoms with Crippen LogP contribution in [0, 0.1) is 0 Å². The number of aromatic nitrogens is 3. The van der Waals surface area contributed by atoms with Crippen LogP contribution in [0.1, 0.15) is 18.5 Å². The molecule has 2 aromatic carbocycles. The molecule has 8 nitrogen and oxygen atoms in total. The molecule has 34 heavy (non-hydrogen) atoms. The van der Waals surface area contributed by atoms with E-state index in [-0.39, 0.29) is 18.6 Å². The molecule has 1 aliphatic rings. The van der Waals surface area contributed by atoms with Crippen molar-refractivity contribution in [3.63, 3.8) is 0 Å². The first-order valence-corrected chi connectivity index (χ1v) is 11.3. The third kappa shape index (κ3) is 5.35. The van der Waals surface area contributed by atoms with Crippen LogP contribution in [-0.2, 0) is 11.4 Å². The number of hydrogen-bond donors (Lipinski definition) is 2. The lowest BCUT2D eigenvalue weighted by Gasteiger charge is -2.14. The maximum atomic E-state index is 12.1. The molecule has 4 aromatic rings. The van der Waals surface area contributed by atoms with Crippen molar-refractivity contribution in [1.82, 2.24) is 20.3 Å². The zero-order chi connectivity index (χ0) is 23.3. The highest BCUT2D eigenvalue weighted by molar-refractivity contribution is 6.32. The Kier molecular flexibility index (Phi) is 6.40. The average molecular weight is 476 g/mol. The Hall–Kier alpha value is -3.91. The van der Waals surface area contributed by atoms with Crippen LogP contribution in [0.15, 0.2) is 67.1 Å². The molecule has 2 heterocycles. The summed E-state index contributed by atoms with van der Waals surface area (Å²) in [5.41, 5.74) is 2.22. The highest BCUT2D eigenvalue weighted by atomic mass is 35.5. The second-order valence-corrected chi connectivity index (χ2v) is 8.29. The van der Waals surface area contributed by atoms with Gasteiger partial charge >= 0.3 is 0 Å². The third-order valence-corrected chi connectivity index (χ3v) is 5.52. The lowest BCUT2D eigenvalue weighted by Crippen LogP contribution is -2.30. The molecule has 0 unspecified atom stereocenters. The molecule has 1 aliphatic carbocycles. The Morgan fingerprint density at radius 3 is 2.71 bits per heavy atom. The van der Waals surface area contributed by atoms with Crippen LogP contribution in [0.5, 0.6) is 11.5 Å². The van der Waals surface area contributed by atoms with Crippen LogP contribution in [0.2, 0.25) is 5.02 Å². The number of hydrogen-bond acceptors (Lipinski definition) is 7. The summed E-state index contributed by atoms with van der Waals surface area (Å²) >= 11 is 6.46. The van der Waals surface area contributed by atoms with E-state index < -0.39 is 0 Å². The number of nitrogens with zero attached hydrogens (tertiary/aromatic N) is 3. The van der Waals surface area contributed by atoms with Crippen molar-refractivity contribution >= 4 is 39.9 Å². The first-order chi connectivity index (χ1) is 16.7. The van der Waals surface area contributed by atoms with Gasteiger partial charge in [0.15, 0.2) is 6.61 Å². The number of fused-ring (bicyclic) bond motifs is 1. The molecule has 1 fully saturated rings. The van der Waals surface area contributed by atoms with Crippen molar-refractivity contribution in [3.05, 3.63) is 77.8 Å². The van der Waals surface area contributed by atoms with Crippen molar-refractivity contribution in [3.8, 4) is 11.5 Å². The van der Waals surface area contributed by atoms with Crippen molar-refractivity contribution in [2.24, 2.45) is 0 Å². The van der Waals surface area contributed by atoms with Gasteiger partial charge in [-0.3, -0.25) is 9.78 Å². The second-order valence-electron chi connectivity index (χ2n) is 7.88. The third-order valence-electron chi connectivity index (χ3n) is 5.22. The van der Waals surface area contributed by atoms with E-state index in [0.717, 1.165) is 24.2 Å². The summed E-state index contributed by atoms with van der Waals surface area (Å²) < 4.78 is 11.6. The smallest absolute Gasteiger partial charge is 0.258 e. The molecular formula is C25H22ClN5O3. The van der Waals surface area contributed by atoms with Crippen molar-refractivity contribution in [2.75, 3.05) is 11.9 Å². The number of benzene rings is 2. The predicted octanol–water partition coefficient (Wildman–Crippen LogP) is 4.66. The number of rotatable bonds is 9. The Morgan fingerprint density at radius 2 is 1.91 bits per heavy atom. The number of amides is 1. The van der Waals surface area contributed by atoms with Gasteiger partial charge in [-0.05, 0) is 55.3 Å². The van der Waals surface area contributed by atoms with E-state index in [2.05, 4.69) is 25.6 Å². The van der Waals surface area contributed by atoms with Crippen molar-refractivity contribution in [1.29, 1.82) is 0 Å². The van der Waals surface area contributed by atoms with Gasteiger partial charge in [-0.1, -0.05) is 23.7 Å². The molecule has 172 valence electrons. The molecule has 0 spiro atoms. The summed E-state index contributed by atoms with van der Waals surface area (Å²) in [6, 6.07) is 16.8. The van der Waals surface area contributed by atoms with E-state index in [1.54, 1.807) is 24.4 Å². The Morgan fingerprint density at radius 1 is 1.00 bits per heavy atom. The summed E-state index contributed by atoms with van der Waals surface area (Å²) in [6.07, 6.45) is 5.24. The predicted molar refractivity (Wildman–Crippen MR) is 130 cm³/mol. The number of carbonyl (C=O) groups is 1. The fraction of sp³-hybridized carbons (Fsp3) is 0.200. The van der Waals surface area contributed by atoms with Gasteiger partial charge in [-0.15, -0.1) is 0 Å². The molecule has 1 saturated carbocycles. The van der Waals surface area contributed by atoms with E-state index in [4.69, 9.17) is 21.1 Å². The summed E-state index contributed by atoms with van der Waals surface area (Å²) in [4.78, 5) is 25.0. The number of halogens is 1. The van der Waals surface area contributed by atoms with Crippen LogP contribution in [0.3, 0.4) is 0 Å². The number of carbonyl (C=O) groups excluding carboxylic acids is 1. The van der Waals surface area contributed by atoms with Gasteiger partial charge in [0.2, 0.25) is 0 Å². The van der Waals surface area contributed by atoms with Crippen LogP contribution >= 0.6 is 11.6 Å². The van der Waals surface area contributed by atoms with Gasteiger partial charge < -0.3 is 20.1 Å². The quantitative estimate of drug-likeness (QED) is 0.363. The fourth-order valence-electron chi connectivity index (χ4n) is 3.40. The molecule has 0 radical (unpaired) electrons. The standard InChI is InChI=1S/C25H22ClN5O3/c26-19-12-17(9-10-21(19)33-13-18-4-1-2-11-27-18)31-25-24-20(28-15-29-25)5-3-6-22(24)34-14-23(32)30-16-7-8-16/h1-6,9-12,15-16H,7-8,13-14H2,(H,30,32)(H,28,29,31). The minimum atomic E-state index is -0.140. The summed E-state index contributed by atoms with van der Waals surface area (Å²) in [5.74, 6) is 1.48. The van der Waals surface area contributed by atoms with Crippen LogP contribution < -0.4 is 20.1 Å². The van der Waals surface area contributed by atoms with Crippen LogP contribution in [0.25, 0.3) is 10.9 Å². The second kappa shape index (κ2) is 9.93. The molecule has 0 aliphatic heterocycles. The first kappa shape index (κ1) is 21.9. The number of nitrogens with one attached hydrogen (secondary N) is 2. The molecule has 2 aromatic heterocycles. The zero-order valence-electron chi connectivity index (χ0n) is 18.2. The highest BCUT2D eigenvalue weighted by Gasteiger charge is 2.23. The molecule has 0 saturated heterocycles. The molecule has 5 rings (SSSR count). The van der Waals surface area contributed by atoms with Gasteiger partial charge in [0.25, 0.3) is 5.91 Å². The summed E-state index contributed by atoms with van der Waals surface area (Å²) in [5, 5.41) is 7.32. The van der Waals surface area contributed by atoms with Gasteiger partial charge in [0.1, 0.15) is 30.3 Å². The molecule has 1 amide bonds. The minimum absolute atomic E-state index is 0.0713. The summed E-state index contributed by atoms with van der Waals surface area (Å²) in [6.45, 7) is 0.247. The van der Waals surface area contributed by atoms with Crippen LogP contribution in [-0.4, -0.2) is 33.5 Å². The lowest BCUT2D eigenvalue weighted by molar-refractivity contribution is -0.123. The van der Waals surface area contributed by atoms with E-state index in [1.807, 2.05) is 36.4 Å². The van der Waals surface area contributed by atoms with Crippen molar-refractivity contribution in [2.45, 2.75) is 25.5 Å². The lowest BCUT2D eigenvalue weighted by atomic mass is 10.2. The van der Waals surface area contributed by atoms with E-state index >= 15 is 0 Å². The first-order valence-electron chi connectivity index (χ1n) is 10.9. The normalized spacial score (nSPS) is 12.9. The minimum Gasteiger partial charge on any atom is -0.486 e. The van der Waals surface area contributed by atoms with Gasteiger partial charge in [-0.25, -0.2) is 9.97 Å². The fourth-order valence-corrected chi connectivity index (χ4v) is 3.64. The Bertz CT molecular complexity index is 1310. The molecule has 0 atom stereocenters. The van der Waals surface area contributed by atoms with E-state index in [0.29, 0.717) is 39.8 Å². The van der Waals surface area contributed by atoms with E-state index in [9.17, 15) is 4.79 Å². The number of anilines is 2. The maximum absolute atomic E-state index is 12.1. The maximum Gasteiger partial charge on any atom is 0.258 e. The van der Waals surface area contributed by atoms with Gasteiger partial charge in [-0.2, -0.15) is 0 Å². The molecule has 2 N–H and O–H groups in total. The van der Waals surface area contributed by atoms with Crippen molar-refractivity contribution < 1.29 is 14.3 Å². The largest absolute Gasteiger partial charge is 0.486 e.